The molecule has 1 aromatic carbocycles. The van der Waals surface area contributed by atoms with Gasteiger partial charge in [-0.15, -0.1) is 11.3 Å². The summed E-state index contributed by atoms with van der Waals surface area (Å²) in [5.41, 5.74) is 7.54. The van der Waals surface area contributed by atoms with Crippen molar-refractivity contribution in [2.75, 3.05) is 6.54 Å². The Labute approximate surface area is 98.6 Å². The Balaban J connectivity index is 2.36. The molecule has 0 aliphatic heterocycles. The van der Waals surface area contributed by atoms with Gasteiger partial charge in [0.1, 0.15) is 5.75 Å². The Morgan fingerprint density at radius 2 is 2.00 bits per heavy atom. The highest BCUT2D eigenvalue weighted by atomic mass is 32.1. The van der Waals surface area contributed by atoms with E-state index in [-0.39, 0.29) is 5.75 Å². The fraction of sp³-hybridized carbons (Fsp3) is 0.250. The first-order valence-corrected chi connectivity index (χ1v) is 5.98. The van der Waals surface area contributed by atoms with Gasteiger partial charge in [-0.3, -0.25) is 0 Å². The SMILES string of the molecule is Cc1sc(CCN)nc1-c1ccc(O)cc1. The van der Waals surface area contributed by atoms with E-state index in [2.05, 4.69) is 11.9 Å². The van der Waals surface area contributed by atoms with Gasteiger partial charge < -0.3 is 10.8 Å². The summed E-state index contributed by atoms with van der Waals surface area (Å²) in [6.07, 6.45) is 0.823. The van der Waals surface area contributed by atoms with Crippen molar-refractivity contribution in [1.82, 2.24) is 4.98 Å². The summed E-state index contributed by atoms with van der Waals surface area (Å²) in [5.74, 6) is 0.277. The molecule has 0 bridgehead atoms. The van der Waals surface area contributed by atoms with Gasteiger partial charge in [0.15, 0.2) is 0 Å². The van der Waals surface area contributed by atoms with Crippen molar-refractivity contribution in [3.63, 3.8) is 0 Å². The summed E-state index contributed by atoms with van der Waals surface area (Å²) in [6.45, 7) is 2.68. The standard InChI is InChI=1S/C12H14N2OS/c1-8-12(14-11(16-8)6-7-13)9-2-4-10(15)5-3-9/h2-5,15H,6-7,13H2,1H3. The molecular formula is C12H14N2OS. The Morgan fingerprint density at radius 1 is 1.31 bits per heavy atom. The van der Waals surface area contributed by atoms with Gasteiger partial charge in [-0.2, -0.15) is 0 Å². The average Bonchev–Trinajstić information content (AvgIpc) is 2.61. The van der Waals surface area contributed by atoms with Crippen LogP contribution in [0.2, 0.25) is 0 Å². The fourth-order valence-electron chi connectivity index (χ4n) is 1.57. The van der Waals surface area contributed by atoms with Crippen molar-refractivity contribution in [2.24, 2.45) is 5.73 Å². The van der Waals surface area contributed by atoms with Crippen LogP contribution in [0.5, 0.6) is 5.75 Å². The highest BCUT2D eigenvalue weighted by Crippen LogP contribution is 2.28. The second-order valence-corrected chi connectivity index (χ2v) is 4.89. The van der Waals surface area contributed by atoms with Crippen LogP contribution in [0.1, 0.15) is 9.88 Å². The molecule has 1 heterocycles. The summed E-state index contributed by atoms with van der Waals surface area (Å²) < 4.78 is 0. The maximum Gasteiger partial charge on any atom is 0.115 e. The Hall–Kier alpha value is -1.39. The van der Waals surface area contributed by atoms with Gasteiger partial charge in [0.05, 0.1) is 10.7 Å². The lowest BCUT2D eigenvalue weighted by Gasteiger charge is -1.98. The van der Waals surface area contributed by atoms with E-state index in [1.54, 1.807) is 23.5 Å². The van der Waals surface area contributed by atoms with E-state index < -0.39 is 0 Å². The maximum absolute atomic E-state index is 9.23. The van der Waals surface area contributed by atoms with Crippen molar-refractivity contribution < 1.29 is 5.11 Å². The molecule has 3 N–H and O–H groups in total. The molecule has 0 fully saturated rings. The quantitative estimate of drug-likeness (QED) is 0.857. The molecule has 4 heteroatoms. The molecule has 0 unspecified atom stereocenters. The molecule has 2 aromatic rings. The van der Waals surface area contributed by atoms with Crippen LogP contribution in [0, 0.1) is 6.92 Å². The molecule has 0 radical (unpaired) electrons. The van der Waals surface area contributed by atoms with E-state index in [9.17, 15) is 5.11 Å². The zero-order valence-electron chi connectivity index (χ0n) is 9.10. The number of nitrogens with two attached hydrogens (primary N) is 1. The van der Waals surface area contributed by atoms with Crippen molar-refractivity contribution >= 4 is 11.3 Å². The molecule has 3 nitrogen and oxygen atoms in total. The lowest BCUT2D eigenvalue weighted by molar-refractivity contribution is 0.475. The van der Waals surface area contributed by atoms with Crippen LogP contribution >= 0.6 is 11.3 Å². The van der Waals surface area contributed by atoms with E-state index in [1.165, 1.54) is 4.88 Å². The molecule has 0 aliphatic carbocycles. The van der Waals surface area contributed by atoms with Crippen molar-refractivity contribution in [3.05, 3.63) is 34.2 Å². The molecule has 16 heavy (non-hydrogen) atoms. The van der Waals surface area contributed by atoms with Gasteiger partial charge in [-0.25, -0.2) is 4.98 Å². The van der Waals surface area contributed by atoms with E-state index >= 15 is 0 Å². The number of aryl methyl sites for hydroxylation is 1. The molecule has 84 valence electrons. The maximum atomic E-state index is 9.23. The Kier molecular flexibility index (Phi) is 3.22. The highest BCUT2D eigenvalue weighted by molar-refractivity contribution is 7.12. The molecular weight excluding hydrogens is 220 g/mol. The number of phenols is 1. The third-order valence-electron chi connectivity index (χ3n) is 2.34. The number of hydrogen-bond acceptors (Lipinski definition) is 4. The number of aromatic hydroxyl groups is 1. The lowest BCUT2D eigenvalue weighted by atomic mass is 10.1. The van der Waals surface area contributed by atoms with Crippen LogP contribution in [-0.2, 0) is 6.42 Å². The predicted octanol–water partition coefficient (Wildman–Crippen LogP) is 2.33. The van der Waals surface area contributed by atoms with Crippen LogP contribution < -0.4 is 5.73 Å². The van der Waals surface area contributed by atoms with Crippen LogP contribution in [-0.4, -0.2) is 16.6 Å². The number of thiazole rings is 1. The third-order valence-corrected chi connectivity index (χ3v) is 3.37. The number of aromatic nitrogens is 1. The van der Waals surface area contributed by atoms with Crippen molar-refractivity contribution in [3.8, 4) is 17.0 Å². The summed E-state index contributed by atoms with van der Waals surface area (Å²) in [7, 11) is 0. The van der Waals surface area contributed by atoms with Gasteiger partial charge in [0, 0.05) is 16.9 Å². The minimum absolute atomic E-state index is 0.277. The largest absolute Gasteiger partial charge is 0.508 e. The van der Waals surface area contributed by atoms with Crippen LogP contribution in [0.25, 0.3) is 11.3 Å². The summed E-state index contributed by atoms with van der Waals surface area (Å²) in [6, 6.07) is 7.11. The van der Waals surface area contributed by atoms with Crippen LogP contribution in [0.3, 0.4) is 0 Å². The smallest absolute Gasteiger partial charge is 0.115 e. The Morgan fingerprint density at radius 3 is 2.62 bits per heavy atom. The van der Waals surface area contributed by atoms with E-state index in [0.29, 0.717) is 6.54 Å². The lowest BCUT2D eigenvalue weighted by Crippen LogP contribution is -2.01. The molecule has 0 saturated heterocycles. The number of rotatable bonds is 3. The van der Waals surface area contributed by atoms with E-state index in [4.69, 9.17) is 5.73 Å². The van der Waals surface area contributed by atoms with E-state index in [1.807, 2.05) is 12.1 Å². The first kappa shape index (κ1) is 11.1. The molecule has 0 saturated carbocycles. The van der Waals surface area contributed by atoms with Gasteiger partial charge in [0.25, 0.3) is 0 Å². The topological polar surface area (TPSA) is 59.1 Å². The molecule has 0 atom stereocenters. The second-order valence-electron chi connectivity index (χ2n) is 3.60. The van der Waals surface area contributed by atoms with Crippen molar-refractivity contribution in [2.45, 2.75) is 13.3 Å². The predicted molar refractivity (Wildman–Crippen MR) is 66.7 cm³/mol. The second kappa shape index (κ2) is 4.63. The zero-order chi connectivity index (χ0) is 11.5. The molecule has 2 rings (SSSR count). The third kappa shape index (κ3) is 2.23. The normalized spacial score (nSPS) is 10.6. The van der Waals surface area contributed by atoms with E-state index in [0.717, 1.165) is 22.7 Å². The van der Waals surface area contributed by atoms with Gasteiger partial charge >= 0.3 is 0 Å². The molecule has 0 spiro atoms. The minimum Gasteiger partial charge on any atom is -0.508 e. The average molecular weight is 234 g/mol. The van der Waals surface area contributed by atoms with Gasteiger partial charge in [-0.1, -0.05) is 0 Å². The first-order valence-electron chi connectivity index (χ1n) is 5.16. The van der Waals surface area contributed by atoms with Gasteiger partial charge in [-0.05, 0) is 37.7 Å². The fourth-order valence-corrected chi connectivity index (χ4v) is 2.54. The number of hydrogen-bond donors (Lipinski definition) is 2. The highest BCUT2D eigenvalue weighted by Gasteiger charge is 2.08. The molecule has 0 aliphatic rings. The number of nitrogens with zero attached hydrogens (tertiary/aromatic N) is 1. The van der Waals surface area contributed by atoms with Crippen LogP contribution in [0.15, 0.2) is 24.3 Å². The Bertz CT molecular complexity index is 476. The van der Waals surface area contributed by atoms with Crippen LogP contribution in [0.4, 0.5) is 0 Å². The summed E-state index contributed by atoms with van der Waals surface area (Å²) >= 11 is 1.68. The molecule has 1 aromatic heterocycles. The zero-order valence-corrected chi connectivity index (χ0v) is 9.92. The summed E-state index contributed by atoms with van der Waals surface area (Å²) in [4.78, 5) is 5.75. The minimum atomic E-state index is 0.277. The van der Waals surface area contributed by atoms with Crippen molar-refractivity contribution in [1.29, 1.82) is 0 Å². The number of phenolic OH excluding ortho intramolecular Hbond substituents is 1. The monoisotopic (exact) mass is 234 g/mol. The summed E-state index contributed by atoms with van der Waals surface area (Å²) in [5, 5.41) is 10.3. The number of benzene rings is 1. The van der Waals surface area contributed by atoms with Gasteiger partial charge in [0.2, 0.25) is 0 Å². The molecule has 0 amide bonds. The first-order chi connectivity index (χ1) is 7.70.